The largest absolute Gasteiger partial charge is 0.481 e. The quantitative estimate of drug-likeness (QED) is 0.800. The third-order valence-corrected chi connectivity index (χ3v) is 4.17. The number of para-hydroxylation sites is 1. The molecular formula is C18H25NO4. The third kappa shape index (κ3) is 4.47. The zero-order chi connectivity index (χ0) is 17.0. The first kappa shape index (κ1) is 17.3. The smallest absolute Gasteiger partial charge is 0.308 e. The first-order valence-corrected chi connectivity index (χ1v) is 8.19. The predicted molar refractivity (Wildman–Crippen MR) is 87.4 cm³/mol. The maximum Gasteiger partial charge on any atom is 0.308 e. The Morgan fingerprint density at radius 1 is 1.35 bits per heavy atom. The molecule has 0 heterocycles. The zero-order valence-corrected chi connectivity index (χ0v) is 14.0. The summed E-state index contributed by atoms with van der Waals surface area (Å²) in [6.45, 7) is 5.73. The molecule has 126 valence electrons. The Balaban J connectivity index is 2.10. The summed E-state index contributed by atoms with van der Waals surface area (Å²) < 4.78 is 5.92. The number of benzene rings is 1. The highest BCUT2D eigenvalue weighted by atomic mass is 16.5. The second-order valence-corrected chi connectivity index (χ2v) is 6.24. The van der Waals surface area contributed by atoms with Crippen LogP contribution in [0.1, 0.15) is 38.7 Å². The molecule has 0 saturated heterocycles. The molecule has 2 atom stereocenters. The fourth-order valence-electron chi connectivity index (χ4n) is 2.51. The molecule has 1 amide bonds. The van der Waals surface area contributed by atoms with Gasteiger partial charge in [-0.15, -0.1) is 0 Å². The van der Waals surface area contributed by atoms with E-state index in [1.165, 1.54) is 0 Å². The van der Waals surface area contributed by atoms with Crippen molar-refractivity contribution in [3.8, 4) is 5.75 Å². The summed E-state index contributed by atoms with van der Waals surface area (Å²) in [5.74, 6) is -0.854. The van der Waals surface area contributed by atoms with Crippen molar-refractivity contribution in [2.45, 2.75) is 52.2 Å². The Morgan fingerprint density at radius 3 is 2.52 bits per heavy atom. The van der Waals surface area contributed by atoms with E-state index in [9.17, 15) is 9.59 Å². The number of carbonyl (C=O) groups is 2. The van der Waals surface area contributed by atoms with Crippen LogP contribution in [0.3, 0.4) is 0 Å². The molecule has 0 radical (unpaired) electrons. The maximum absolute atomic E-state index is 12.8. The van der Waals surface area contributed by atoms with Gasteiger partial charge in [0.05, 0.1) is 5.92 Å². The number of ether oxygens (including phenoxy) is 1. The fraction of sp³-hybridized carbons (Fsp3) is 0.556. The van der Waals surface area contributed by atoms with Crippen molar-refractivity contribution in [1.82, 2.24) is 4.90 Å². The molecule has 2 rings (SSSR count). The van der Waals surface area contributed by atoms with Crippen LogP contribution in [0.25, 0.3) is 0 Å². The number of hydrogen-bond acceptors (Lipinski definition) is 3. The molecule has 23 heavy (non-hydrogen) atoms. The molecule has 5 heteroatoms. The summed E-state index contributed by atoms with van der Waals surface area (Å²) in [7, 11) is 0. The third-order valence-electron chi connectivity index (χ3n) is 4.17. The minimum absolute atomic E-state index is 0.105. The predicted octanol–water partition coefficient (Wildman–Crippen LogP) is 2.86. The average molecular weight is 319 g/mol. The monoisotopic (exact) mass is 319 g/mol. The number of carbonyl (C=O) groups excluding carboxylic acids is 1. The molecule has 1 fully saturated rings. The number of aliphatic carboxylic acids is 1. The van der Waals surface area contributed by atoms with Gasteiger partial charge in [-0.05, 0) is 37.8 Å². The lowest BCUT2D eigenvalue weighted by Gasteiger charge is -2.29. The van der Waals surface area contributed by atoms with E-state index >= 15 is 0 Å². The van der Waals surface area contributed by atoms with Gasteiger partial charge in [0.2, 0.25) is 0 Å². The van der Waals surface area contributed by atoms with Crippen LogP contribution in [-0.2, 0) is 9.59 Å². The summed E-state index contributed by atoms with van der Waals surface area (Å²) in [5.41, 5.74) is 0.982. The van der Waals surface area contributed by atoms with Crippen molar-refractivity contribution in [2.75, 3.05) is 6.54 Å². The van der Waals surface area contributed by atoms with Crippen LogP contribution in [0.4, 0.5) is 0 Å². The van der Waals surface area contributed by atoms with Crippen LogP contribution in [0.5, 0.6) is 5.75 Å². The van der Waals surface area contributed by atoms with Gasteiger partial charge in [-0.25, -0.2) is 0 Å². The van der Waals surface area contributed by atoms with E-state index in [0.717, 1.165) is 18.4 Å². The van der Waals surface area contributed by atoms with E-state index in [1.807, 2.05) is 38.1 Å². The van der Waals surface area contributed by atoms with Gasteiger partial charge in [-0.3, -0.25) is 9.59 Å². The molecule has 0 aromatic heterocycles. The minimum atomic E-state index is -0.878. The Kier molecular flexibility index (Phi) is 5.64. The van der Waals surface area contributed by atoms with Gasteiger partial charge in [0.15, 0.2) is 6.10 Å². The van der Waals surface area contributed by atoms with Crippen molar-refractivity contribution in [3.63, 3.8) is 0 Å². The zero-order valence-electron chi connectivity index (χ0n) is 14.0. The topological polar surface area (TPSA) is 66.8 Å². The minimum Gasteiger partial charge on any atom is -0.481 e. The molecule has 1 aromatic rings. The molecule has 1 aliphatic rings. The second kappa shape index (κ2) is 7.49. The number of amides is 1. The van der Waals surface area contributed by atoms with Crippen LogP contribution in [0, 0.1) is 12.8 Å². The molecule has 0 bridgehead atoms. The number of carboxylic acids is 1. The number of nitrogens with zero attached hydrogens (tertiary/aromatic N) is 1. The molecule has 1 saturated carbocycles. The van der Waals surface area contributed by atoms with Gasteiger partial charge in [0.25, 0.3) is 5.91 Å². The molecule has 1 aromatic carbocycles. The Hall–Kier alpha value is -2.04. The van der Waals surface area contributed by atoms with E-state index in [4.69, 9.17) is 9.84 Å². The van der Waals surface area contributed by atoms with Crippen LogP contribution in [0.15, 0.2) is 24.3 Å². The van der Waals surface area contributed by atoms with Gasteiger partial charge >= 0.3 is 5.97 Å². The Bertz CT molecular complexity index is 568. The first-order chi connectivity index (χ1) is 10.9. The Morgan fingerprint density at radius 2 is 2.00 bits per heavy atom. The van der Waals surface area contributed by atoms with Crippen molar-refractivity contribution < 1.29 is 19.4 Å². The van der Waals surface area contributed by atoms with E-state index < -0.39 is 18.0 Å². The highest BCUT2D eigenvalue weighted by molar-refractivity contribution is 5.82. The van der Waals surface area contributed by atoms with Gasteiger partial charge in [-0.2, -0.15) is 0 Å². The highest BCUT2D eigenvalue weighted by Gasteiger charge is 2.37. The van der Waals surface area contributed by atoms with Crippen LogP contribution >= 0.6 is 0 Å². The van der Waals surface area contributed by atoms with Crippen molar-refractivity contribution in [2.24, 2.45) is 5.92 Å². The first-order valence-electron chi connectivity index (χ1n) is 8.19. The van der Waals surface area contributed by atoms with Crippen molar-refractivity contribution >= 4 is 11.9 Å². The second-order valence-electron chi connectivity index (χ2n) is 6.24. The molecule has 1 aliphatic carbocycles. The lowest BCUT2D eigenvalue weighted by atomic mass is 10.1. The summed E-state index contributed by atoms with van der Waals surface area (Å²) in [6.07, 6.45) is 1.87. The lowest BCUT2D eigenvalue weighted by molar-refractivity contribution is -0.145. The Labute approximate surface area is 137 Å². The normalized spacial score (nSPS) is 16.5. The van der Waals surface area contributed by atoms with E-state index in [2.05, 4.69) is 0 Å². The highest BCUT2D eigenvalue weighted by Crippen LogP contribution is 2.29. The molecule has 2 unspecified atom stereocenters. The van der Waals surface area contributed by atoms with Crippen LogP contribution in [-0.4, -0.2) is 40.6 Å². The van der Waals surface area contributed by atoms with Crippen molar-refractivity contribution in [3.05, 3.63) is 29.8 Å². The average Bonchev–Trinajstić information content (AvgIpc) is 3.35. The SMILES string of the molecule is CCC(Oc1ccccc1C)C(=O)N(CC(C)C(=O)O)C1CC1. The van der Waals surface area contributed by atoms with Gasteiger partial charge in [0.1, 0.15) is 5.75 Å². The summed E-state index contributed by atoms with van der Waals surface area (Å²) in [4.78, 5) is 25.6. The number of carboxylic acid groups (broad SMARTS) is 1. The van der Waals surface area contributed by atoms with E-state index in [0.29, 0.717) is 12.2 Å². The summed E-state index contributed by atoms with van der Waals surface area (Å²) in [6, 6.07) is 7.77. The number of aryl methyl sites for hydroxylation is 1. The number of hydrogen-bond donors (Lipinski definition) is 1. The van der Waals surface area contributed by atoms with Crippen LogP contribution in [0.2, 0.25) is 0 Å². The van der Waals surface area contributed by atoms with E-state index in [-0.39, 0.29) is 18.5 Å². The van der Waals surface area contributed by atoms with Gasteiger partial charge in [0, 0.05) is 12.6 Å². The lowest BCUT2D eigenvalue weighted by Crippen LogP contribution is -2.45. The molecule has 0 spiro atoms. The molecule has 1 N–H and O–H groups in total. The molecule has 5 nitrogen and oxygen atoms in total. The standard InChI is InChI=1S/C18H25NO4/c1-4-15(23-16-8-6-5-7-12(16)2)17(20)19(14-9-10-14)11-13(3)18(21)22/h5-8,13-15H,4,9-11H2,1-3H3,(H,21,22). The van der Waals surface area contributed by atoms with Crippen molar-refractivity contribution in [1.29, 1.82) is 0 Å². The van der Waals surface area contributed by atoms with Gasteiger partial charge < -0.3 is 14.7 Å². The van der Waals surface area contributed by atoms with E-state index in [1.54, 1.807) is 11.8 Å². The summed E-state index contributed by atoms with van der Waals surface area (Å²) in [5, 5.41) is 9.11. The van der Waals surface area contributed by atoms with Crippen LogP contribution < -0.4 is 4.74 Å². The maximum atomic E-state index is 12.8. The van der Waals surface area contributed by atoms with Gasteiger partial charge in [-0.1, -0.05) is 32.0 Å². The fourth-order valence-corrected chi connectivity index (χ4v) is 2.51. The summed E-state index contributed by atoms with van der Waals surface area (Å²) >= 11 is 0. The number of rotatable bonds is 8. The molecule has 0 aliphatic heterocycles. The molecular weight excluding hydrogens is 294 g/mol.